The third-order valence-electron chi connectivity index (χ3n) is 3.62. The number of halogens is 3. The van der Waals surface area contributed by atoms with Crippen LogP contribution in [0.15, 0.2) is 47.5 Å². The van der Waals surface area contributed by atoms with Crippen LogP contribution < -0.4 is 4.90 Å². The van der Waals surface area contributed by atoms with E-state index in [1.54, 1.807) is 0 Å². The number of benzene rings is 2. The molecule has 0 aliphatic carbocycles. The van der Waals surface area contributed by atoms with Gasteiger partial charge in [0.2, 0.25) is 0 Å². The fraction of sp³-hybridized carbons (Fsp3) is 0.235. The maximum atomic E-state index is 6.17. The van der Waals surface area contributed by atoms with E-state index in [9.17, 15) is 0 Å². The Balaban J connectivity index is 1.84. The minimum Gasteiger partial charge on any atom is -0.481 e. The number of hydrogen-bond acceptors (Lipinski definition) is 3. The number of hydrogen-bond donors (Lipinski definition) is 0. The fourth-order valence-electron chi connectivity index (χ4n) is 2.43. The zero-order chi connectivity index (χ0) is 16.2. The highest BCUT2D eigenvalue weighted by Crippen LogP contribution is 2.28. The van der Waals surface area contributed by atoms with Crippen LogP contribution in [0.1, 0.15) is 5.56 Å². The minimum absolute atomic E-state index is 0.108. The Labute approximate surface area is 150 Å². The van der Waals surface area contributed by atoms with Crippen molar-refractivity contribution in [2.45, 2.75) is 12.6 Å². The van der Waals surface area contributed by atoms with Crippen LogP contribution in [0, 0.1) is 0 Å². The Morgan fingerprint density at radius 3 is 2.48 bits per heavy atom. The van der Waals surface area contributed by atoms with Crippen molar-refractivity contribution in [3.63, 3.8) is 0 Å². The maximum Gasteiger partial charge on any atom is 0.169 e. The van der Waals surface area contributed by atoms with Crippen LogP contribution in [-0.2, 0) is 11.3 Å². The Bertz CT molecular complexity index is 703. The van der Waals surface area contributed by atoms with Gasteiger partial charge in [-0.05, 0) is 35.9 Å². The van der Waals surface area contributed by atoms with Gasteiger partial charge in [0.1, 0.15) is 12.6 Å². The normalized spacial score (nSPS) is 16.4. The summed E-state index contributed by atoms with van der Waals surface area (Å²) >= 11 is 18.2. The second kappa shape index (κ2) is 7.43. The molecule has 0 amide bonds. The molecule has 120 valence electrons. The topological polar surface area (TPSA) is 24.8 Å². The zero-order valence-corrected chi connectivity index (χ0v) is 14.5. The summed E-state index contributed by atoms with van der Waals surface area (Å²) in [6, 6.07) is 13.6. The third-order valence-corrected chi connectivity index (χ3v) is 4.61. The molecular weight excluding hydrogens is 355 g/mol. The van der Waals surface area contributed by atoms with Gasteiger partial charge in [0, 0.05) is 23.8 Å². The molecule has 0 fully saturated rings. The van der Waals surface area contributed by atoms with Gasteiger partial charge in [-0.15, -0.1) is 0 Å². The van der Waals surface area contributed by atoms with Crippen molar-refractivity contribution >= 4 is 46.9 Å². The molecule has 2 aromatic rings. The lowest BCUT2D eigenvalue weighted by Crippen LogP contribution is -2.32. The van der Waals surface area contributed by atoms with Crippen molar-refractivity contribution in [3.8, 4) is 0 Å². The van der Waals surface area contributed by atoms with Gasteiger partial charge in [0.15, 0.2) is 6.40 Å². The van der Waals surface area contributed by atoms with Crippen molar-refractivity contribution in [2.75, 3.05) is 18.1 Å². The van der Waals surface area contributed by atoms with E-state index >= 15 is 0 Å². The Morgan fingerprint density at radius 2 is 1.83 bits per heavy atom. The first-order valence-electron chi connectivity index (χ1n) is 7.19. The van der Waals surface area contributed by atoms with E-state index in [0.717, 1.165) is 29.4 Å². The molecule has 1 unspecified atom stereocenters. The van der Waals surface area contributed by atoms with Crippen LogP contribution in [-0.4, -0.2) is 25.6 Å². The first kappa shape index (κ1) is 16.4. The first-order valence-corrected chi connectivity index (χ1v) is 8.33. The molecule has 3 nitrogen and oxygen atoms in total. The molecule has 6 heteroatoms. The predicted octanol–water partition coefficient (Wildman–Crippen LogP) is 5.08. The van der Waals surface area contributed by atoms with Gasteiger partial charge in [-0.1, -0.05) is 46.9 Å². The summed E-state index contributed by atoms with van der Waals surface area (Å²) in [5, 5.41) is 1.81. The van der Waals surface area contributed by atoms with Gasteiger partial charge in [-0.25, -0.2) is 4.99 Å². The summed E-state index contributed by atoms with van der Waals surface area (Å²) in [6.45, 7) is 2.05. The third kappa shape index (κ3) is 4.31. The van der Waals surface area contributed by atoms with E-state index in [0.29, 0.717) is 16.7 Å². The lowest BCUT2D eigenvalue weighted by atomic mass is 10.1. The fourth-order valence-corrected chi connectivity index (χ4v) is 2.85. The lowest BCUT2D eigenvalue weighted by molar-refractivity contribution is 0.327. The van der Waals surface area contributed by atoms with Crippen LogP contribution in [0.2, 0.25) is 15.1 Å². The summed E-state index contributed by atoms with van der Waals surface area (Å²) in [4.78, 5) is 6.54. The Kier molecular flexibility index (Phi) is 5.31. The molecule has 0 radical (unpaired) electrons. The van der Waals surface area contributed by atoms with Crippen LogP contribution in [0.25, 0.3) is 0 Å². The molecule has 1 aliphatic rings. The molecule has 23 heavy (non-hydrogen) atoms. The largest absolute Gasteiger partial charge is 0.481 e. The van der Waals surface area contributed by atoms with Gasteiger partial charge in [0.25, 0.3) is 0 Å². The van der Waals surface area contributed by atoms with E-state index in [1.807, 2.05) is 42.5 Å². The molecule has 0 N–H and O–H groups in total. The molecule has 2 aromatic carbocycles. The molecule has 0 bridgehead atoms. The second-order valence-corrected chi connectivity index (χ2v) is 6.60. The average Bonchev–Trinajstić information content (AvgIpc) is 3.05. The summed E-state index contributed by atoms with van der Waals surface area (Å²) in [7, 11) is 0. The van der Waals surface area contributed by atoms with Crippen LogP contribution in [0.3, 0.4) is 0 Å². The number of anilines is 1. The van der Waals surface area contributed by atoms with Gasteiger partial charge >= 0.3 is 0 Å². The minimum atomic E-state index is 0.108. The van der Waals surface area contributed by atoms with Crippen LogP contribution >= 0.6 is 34.8 Å². The highest BCUT2D eigenvalue weighted by molar-refractivity contribution is 6.42. The van der Waals surface area contributed by atoms with Gasteiger partial charge in [-0.2, -0.15) is 0 Å². The first-order chi connectivity index (χ1) is 11.1. The molecule has 3 rings (SSSR count). The maximum absolute atomic E-state index is 6.17. The van der Waals surface area contributed by atoms with E-state index < -0.39 is 0 Å². The van der Waals surface area contributed by atoms with E-state index in [-0.39, 0.29) is 6.04 Å². The molecule has 1 heterocycles. The van der Waals surface area contributed by atoms with Crippen LogP contribution in [0.4, 0.5) is 5.69 Å². The average molecular weight is 370 g/mol. The summed E-state index contributed by atoms with van der Waals surface area (Å²) in [5.74, 6) is 0. The molecular formula is C17H15Cl3N2O. The van der Waals surface area contributed by atoms with Gasteiger partial charge < -0.3 is 9.64 Å². The van der Waals surface area contributed by atoms with Crippen molar-refractivity contribution < 1.29 is 4.74 Å². The van der Waals surface area contributed by atoms with Crippen molar-refractivity contribution in [1.82, 2.24) is 0 Å². The Hall–Kier alpha value is -1.42. The number of nitrogens with zero attached hydrogens (tertiary/aromatic N) is 2. The van der Waals surface area contributed by atoms with Gasteiger partial charge in [-0.3, -0.25) is 0 Å². The summed E-state index contributed by atoms with van der Waals surface area (Å²) < 4.78 is 5.22. The SMILES string of the molecule is Clc1ccc(CN(CC2COC=N2)c2ccc(Cl)c(Cl)c2)cc1. The van der Waals surface area contributed by atoms with Crippen molar-refractivity contribution in [2.24, 2.45) is 4.99 Å². The van der Waals surface area contributed by atoms with E-state index in [2.05, 4.69) is 9.89 Å². The zero-order valence-electron chi connectivity index (χ0n) is 12.3. The number of aliphatic imine (C=N–C) groups is 1. The van der Waals surface area contributed by atoms with E-state index in [4.69, 9.17) is 39.5 Å². The lowest BCUT2D eigenvalue weighted by Gasteiger charge is -2.27. The molecule has 0 saturated carbocycles. The molecule has 0 spiro atoms. The predicted molar refractivity (Wildman–Crippen MR) is 97.2 cm³/mol. The van der Waals surface area contributed by atoms with Crippen LogP contribution in [0.5, 0.6) is 0 Å². The van der Waals surface area contributed by atoms with E-state index in [1.165, 1.54) is 6.40 Å². The molecule has 1 atom stereocenters. The summed E-state index contributed by atoms with van der Waals surface area (Å²) in [6.07, 6.45) is 1.51. The quantitative estimate of drug-likeness (QED) is 0.734. The molecule has 0 aromatic heterocycles. The second-order valence-electron chi connectivity index (χ2n) is 5.35. The van der Waals surface area contributed by atoms with Crippen molar-refractivity contribution in [1.29, 1.82) is 0 Å². The standard InChI is InChI=1S/C17H15Cl3N2O/c18-13-3-1-12(2-4-13)8-22(9-14-10-23-11-21-14)15-5-6-16(19)17(20)7-15/h1-7,11,14H,8-10H2. The van der Waals surface area contributed by atoms with Crippen molar-refractivity contribution in [3.05, 3.63) is 63.1 Å². The molecule has 0 saturated heterocycles. The smallest absolute Gasteiger partial charge is 0.169 e. The highest BCUT2D eigenvalue weighted by atomic mass is 35.5. The Morgan fingerprint density at radius 1 is 1.04 bits per heavy atom. The summed E-state index contributed by atoms with van der Waals surface area (Å²) in [5.41, 5.74) is 2.15. The molecule has 1 aliphatic heterocycles. The highest BCUT2D eigenvalue weighted by Gasteiger charge is 2.18. The van der Waals surface area contributed by atoms with Gasteiger partial charge in [0.05, 0.1) is 10.0 Å². The monoisotopic (exact) mass is 368 g/mol. The number of ether oxygens (including phenoxy) is 1. The number of rotatable bonds is 5.